The molecule has 15 heavy (non-hydrogen) atoms. The third-order valence-corrected chi connectivity index (χ3v) is 3.08. The molecule has 0 N–H and O–H groups in total. The number of alkyl halides is 1. The molecule has 0 bridgehead atoms. The lowest BCUT2D eigenvalue weighted by molar-refractivity contribution is -0.385. The molecule has 0 spiro atoms. The van der Waals surface area contributed by atoms with E-state index in [4.69, 9.17) is 11.6 Å². The van der Waals surface area contributed by atoms with Crippen molar-refractivity contribution >= 4 is 33.2 Å². The fourth-order valence-electron chi connectivity index (χ4n) is 1.26. The van der Waals surface area contributed by atoms with E-state index < -0.39 is 0 Å². The zero-order valence-electron chi connectivity index (χ0n) is 8.24. The van der Waals surface area contributed by atoms with E-state index in [1.807, 2.05) is 6.92 Å². The van der Waals surface area contributed by atoms with E-state index in [-0.39, 0.29) is 16.0 Å². The number of hydrogen-bond acceptors (Lipinski definition) is 2. The summed E-state index contributed by atoms with van der Waals surface area (Å²) in [5.41, 5.74) is 0.813. The molecule has 0 aliphatic carbocycles. The third kappa shape index (κ3) is 3.47. The quantitative estimate of drug-likeness (QED) is 0.479. The monoisotopic (exact) mass is 291 g/mol. The predicted octanol–water partition coefficient (Wildman–Crippen LogP) is 3.92. The minimum atomic E-state index is -0.376. The molecule has 1 rings (SSSR count). The Morgan fingerprint density at radius 3 is 2.80 bits per heavy atom. The van der Waals surface area contributed by atoms with Crippen molar-refractivity contribution in [3.05, 3.63) is 38.3 Å². The maximum atomic E-state index is 10.8. The molecule has 5 heteroatoms. The molecule has 82 valence electrons. The van der Waals surface area contributed by atoms with Gasteiger partial charge in [-0.05, 0) is 18.9 Å². The second kappa shape index (κ2) is 5.47. The SMILES string of the molecule is CCC(Cl)Cc1ccc(Br)cc1[N+](=O)[O-]. The molecule has 1 aromatic carbocycles. The summed E-state index contributed by atoms with van der Waals surface area (Å²) in [7, 11) is 0. The summed E-state index contributed by atoms with van der Waals surface area (Å²) in [6.07, 6.45) is 1.33. The lowest BCUT2D eigenvalue weighted by Crippen LogP contribution is -2.04. The highest BCUT2D eigenvalue weighted by Gasteiger charge is 2.16. The number of nitro groups is 1. The largest absolute Gasteiger partial charge is 0.273 e. The van der Waals surface area contributed by atoms with Gasteiger partial charge in [-0.2, -0.15) is 0 Å². The fourth-order valence-corrected chi connectivity index (χ4v) is 1.78. The van der Waals surface area contributed by atoms with Gasteiger partial charge in [-0.3, -0.25) is 10.1 Å². The molecule has 0 fully saturated rings. The van der Waals surface area contributed by atoms with E-state index >= 15 is 0 Å². The van der Waals surface area contributed by atoms with Crippen LogP contribution in [0.5, 0.6) is 0 Å². The van der Waals surface area contributed by atoms with Crippen LogP contribution in [-0.4, -0.2) is 10.3 Å². The molecule has 1 aromatic rings. The molecule has 0 amide bonds. The number of nitro benzene ring substituents is 1. The summed E-state index contributed by atoms with van der Waals surface area (Å²) in [4.78, 5) is 10.4. The Labute approximate surface area is 102 Å². The molecule has 3 nitrogen and oxygen atoms in total. The van der Waals surface area contributed by atoms with Crippen LogP contribution >= 0.6 is 27.5 Å². The van der Waals surface area contributed by atoms with Crippen molar-refractivity contribution in [2.75, 3.05) is 0 Å². The highest BCUT2D eigenvalue weighted by molar-refractivity contribution is 9.10. The molecule has 1 unspecified atom stereocenters. The standard InChI is InChI=1S/C10H11BrClNO2/c1-2-9(12)5-7-3-4-8(11)6-10(7)13(14)15/h3-4,6,9H,2,5H2,1H3. The predicted molar refractivity (Wildman–Crippen MR) is 64.4 cm³/mol. The third-order valence-electron chi connectivity index (χ3n) is 2.13. The molecule has 0 aliphatic rings. The average Bonchev–Trinajstić information content (AvgIpc) is 2.20. The Hall–Kier alpha value is -0.610. The minimum Gasteiger partial charge on any atom is -0.258 e. The fraction of sp³-hybridized carbons (Fsp3) is 0.400. The van der Waals surface area contributed by atoms with Crippen LogP contribution in [0.25, 0.3) is 0 Å². The Morgan fingerprint density at radius 2 is 2.27 bits per heavy atom. The van der Waals surface area contributed by atoms with Crippen molar-refractivity contribution in [3.63, 3.8) is 0 Å². The van der Waals surface area contributed by atoms with Crippen LogP contribution < -0.4 is 0 Å². The van der Waals surface area contributed by atoms with Crippen LogP contribution in [-0.2, 0) is 6.42 Å². The van der Waals surface area contributed by atoms with Gasteiger partial charge in [0.25, 0.3) is 5.69 Å². The van der Waals surface area contributed by atoms with E-state index in [9.17, 15) is 10.1 Å². The van der Waals surface area contributed by atoms with E-state index in [1.54, 1.807) is 12.1 Å². The summed E-state index contributed by atoms with van der Waals surface area (Å²) < 4.78 is 0.709. The molecule has 1 atom stereocenters. The van der Waals surface area contributed by atoms with Gasteiger partial charge in [0.1, 0.15) is 0 Å². The second-order valence-corrected chi connectivity index (χ2v) is 4.77. The van der Waals surface area contributed by atoms with Crippen LogP contribution in [0.4, 0.5) is 5.69 Å². The summed E-state index contributed by atoms with van der Waals surface area (Å²) >= 11 is 9.19. The van der Waals surface area contributed by atoms with Crippen molar-refractivity contribution in [2.24, 2.45) is 0 Å². The number of hydrogen-bond donors (Lipinski definition) is 0. The van der Waals surface area contributed by atoms with Crippen LogP contribution in [0.15, 0.2) is 22.7 Å². The minimum absolute atomic E-state index is 0.0510. The highest BCUT2D eigenvalue weighted by Crippen LogP contribution is 2.26. The van der Waals surface area contributed by atoms with Gasteiger partial charge in [0, 0.05) is 21.5 Å². The van der Waals surface area contributed by atoms with E-state index in [2.05, 4.69) is 15.9 Å². The summed E-state index contributed by atoms with van der Waals surface area (Å²) in [6, 6.07) is 5.05. The van der Waals surface area contributed by atoms with Gasteiger partial charge in [0.2, 0.25) is 0 Å². The van der Waals surface area contributed by atoms with Gasteiger partial charge < -0.3 is 0 Å². The lowest BCUT2D eigenvalue weighted by Gasteiger charge is -2.07. The number of halogens is 2. The Morgan fingerprint density at radius 1 is 1.60 bits per heavy atom. The molecule has 0 aromatic heterocycles. The average molecular weight is 293 g/mol. The molecular weight excluding hydrogens is 281 g/mol. The normalized spacial score (nSPS) is 12.5. The van der Waals surface area contributed by atoms with Gasteiger partial charge in [-0.1, -0.05) is 28.9 Å². The van der Waals surface area contributed by atoms with E-state index in [0.717, 1.165) is 6.42 Å². The van der Waals surface area contributed by atoms with Gasteiger partial charge in [0.15, 0.2) is 0 Å². The van der Waals surface area contributed by atoms with Gasteiger partial charge in [-0.15, -0.1) is 11.6 Å². The Kier molecular flexibility index (Phi) is 4.54. The number of benzene rings is 1. The first kappa shape index (κ1) is 12.5. The first-order chi connectivity index (χ1) is 7.04. The smallest absolute Gasteiger partial charge is 0.258 e. The van der Waals surface area contributed by atoms with Crippen molar-refractivity contribution in [1.29, 1.82) is 0 Å². The van der Waals surface area contributed by atoms with Crippen LogP contribution in [0.3, 0.4) is 0 Å². The van der Waals surface area contributed by atoms with E-state index in [1.165, 1.54) is 6.07 Å². The molecule has 0 radical (unpaired) electrons. The van der Waals surface area contributed by atoms with Crippen molar-refractivity contribution in [2.45, 2.75) is 25.1 Å². The lowest BCUT2D eigenvalue weighted by atomic mass is 10.1. The second-order valence-electron chi connectivity index (χ2n) is 3.24. The number of nitrogens with zero attached hydrogens (tertiary/aromatic N) is 1. The molecule has 0 saturated carbocycles. The maximum Gasteiger partial charge on any atom is 0.273 e. The topological polar surface area (TPSA) is 43.1 Å². The number of rotatable bonds is 4. The van der Waals surface area contributed by atoms with Crippen molar-refractivity contribution in [3.8, 4) is 0 Å². The summed E-state index contributed by atoms with van der Waals surface area (Å²) in [5, 5.41) is 10.7. The Balaban J connectivity index is 3.01. The van der Waals surface area contributed by atoms with Crippen LogP contribution in [0, 0.1) is 10.1 Å². The molecular formula is C10H11BrClNO2. The van der Waals surface area contributed by atoms with Crippen molar-refractivity contribution < 1.29 is 4.92 Å². The zero-order chi connectivity index (χ0) is 11.4. The Bertz CT molecular complexity index is 370. The van der Waals surface area contributed by atoms with E-state index in [0.29, 0.717) is 16.5 Å². The molecule has 0 heterocycles. The summed E-state index contributed by atoms with van der Waals surface area (Å²) in [5.74, 6) is 0. The molecule has 0 saturated heterocycles. The van der Waals surface area contributed by atoms with Crippen molar-refractivity contribution in [1.82, 2.24) is 0 Å². The van der Waals surface area contributed by atoms with Crippen LogP contribution in [0.1, 0.15) is 18.9 Å². The van der Waals surface area contributed by atoms with Gasteiger partial charge in [0.05, 0.1) is 4.92 Å². The highest BCUT2D eigenvalue weighted by atomic mass is 79.9. The maximum absolute atomic E-state index is 10.8. The van der Waals surface area contributed by atoms with Crippen LogP contribution in [0.2, 0.25) is 0 Å². The summed E-state index contributed by atoms with van der Waals surface area (Å²) in [6.45, 7) is 1.96. The molecule has 0 aliphatic heterocycles. The first-order valence-corrected chi connectivity index (χ1v) is 5.84. The first-order valence-electron chi connectivity index (χ1n) is 4.61. The van der Waals surface area contributed by atoms with Gasteiger partial charge >= 0.3 is 0 Å². The van der Waals surface area contributed by atoms with Gasteiger partial charge in [-0.25, -0.2) is 0 Å². The zero-order valence-corrected chi connectivity index (χ0v) is 10.6.